The van der Waals surface area contributed by atoms with E-state index in [-0.39, 0.29) is 23.6 Å². The largest absolute Gasteiger partial charge is 0.334 e. The van der Waals surface area contributed by atoms with Crippen molar-refractivity contribution in [2.75, 3.05) is 0 Å². The highest BCUT2D eigenvalue weighted by Gasteiger charge is 2.21. The lowest BCUT2D eigenvalue weighted by Crippen LogP contribution is -2.42. The SMILES string of the molecule is C/C(=C/c1ccc(=O)n(C)c1)c1ccc(C(=O)N(C(C)C)C(C)C)cc1. The molecule has 0 aliphatic rings. The first-order valence-corrected chi connectivity index (χ1v) is 8.98. The minimum Gasteiger partial charge on any atom is -0.334 e. The van der Waals surface area contributed by atoms with Crippen LogP contribution in [-0.2, 0) is 7.05 Å². The smallest absolute Gasteiger partial charge is 0.254 e. The Morgan fingerprint density at radius 1 is 0.962 bits per heavy atom. The van der Waals surface area contributed by atoms with E-state index in [4.69, 9.17) is 0 Å². The lowest BCUT2D eigenvalue weighted by atomic mass is 10.0. The highest BCUT2D eigenvalue weighted by atomic mass is 16.2. The van der Waals surface area contributed by atoms with Crippen LogP contribution in [0.15, 0.2) is 47.4 Å². The van der Waals surface area contributed by atoms with Crippen molar-refractivity contribution in [3.05, 3.63) is 69.6 Å². The van der Waals surface area contributed by atoms with Gasteiger partial charge in [-0.15, -0.1) is 0 Å². The number of aryl methyl sites for hydroxylation is 1. The number of aromatic nitrogens is 1. The molecule has 0 fully saturated rings. The van der Waals surface area contributed by atoms with Crippen LogP contribution in [0.25, 0.3) is 11.6 Å². The van der Waals surface area contributed by atoms with Crippen LogP contribution in [0.3, 0.4) is 0 Å². The van der Waals surface area contributed by atoms with Gasteiger partial charge in [-0.3, -0.25) is 9.59 Å². The number of hydrogen-bond donors (Lipinski definition) is 0. The molecule has 0 spiro atoms. The summed E-state index contributed by atoms with van der Waals surface area (Å²) < 4.78 is 1.56. The summed E-state index contributed by atoms with van der Waals surface area (Å²) in [5, 5.41) is 0. The molecular formula is C22H28N2O2. The number of nitrogens with zero attached hydrogens (tertiary/aromatic N) is 2. The lowest BCUT2D eigenvalue weighted by Gasteiger charge is -2.30. The Morgan fingerprint density at radius 2 is 1.50 bits per heavy atom. The van der Waals surface area contributed by atoms with E-state index in [1.807, 2.05) is 82.1 Å². The van der Waals surface area contributed by atoms with E-state index < -0.39 is 0 Å². The highest BCUT2D eigenvalue weighted by molar-refractivity contribution is 5.95. The van der Waals surface area contributed by atoms with Crippen LogP contribution >= 0.6 is 0 Å². The van der Waals surface area contributed by atoms with Crippen molar-refractivity contribution in [1.82, 2.24) is 9.47 Å². The third-order valence-electron chi connectivity index (χ3n) is 4.43. The van der Waals surface area contributed by atoms with Gasteiger partial charge in [0.05, 0.1) is 0 Å². The molecular weight excluding hydrogens is 324 g/mol. The topological polar surface area (TPSA) is 42.3 Å². The van der Waals surface area contributed by atoms with Crippen molar-refractivity contribution in [3.63, 3.8) is 0 Å². The van der Waals surface area contributed by atoms with E-state index >= 15 is 0 Å². The van der Waals surface area contributed by atoms with E-state index in [9.17, 15) is 9.59 Å². The predicted octanol–water partition coefficient (Wildman–Crippen LogP) is 4.20. The summed E-state index contributed by atoms with van der Waals surface area (Å²) in [5.41, 5.74) is 3.77. The van der Waals surface area contributed by atoms with Crippen LogP contribution in [0.1, 0.15) is 56.1 Å². The Bertz CT molecular complexity index is 850. The minimum absolute atomic E-state index is 0.0254. The van der Waals surface area contributed by atoms with Gasteiger partial charge in [-0.05, 0) is 75.6 Å². The lowest BCUT2D eigenvalue weighted by molar-refractivity contribution is 0.0643. The van der Waals surface area contributed by atoms with Gasteiger partial charge in [0.2, 0.25) is 5.56 Å². The molecule has 0 saturated heterocycles. The second-order valence-electron chi connectivity index (χ2n) is 7.22. The maximum atomic E-state index is 12.7. The number of allylic oxidation sites excluding steroid dienone is 1. The quantitative estimate of drug-likeness (QED) is 0.809. The maximum Gasteiger partial charge on any atom is 0.254 e. The van der Waals surface area contributed by atoms with Gasteiger partial charge in [-0.2, -0.15) is 0 Å². The number of pyridine rings is 1. The van der Waals surface area contributed by atoms with E-state index in [0.29, 0.717) is 5.56 Å². The van der Waals surface area contributed by atoms with Crippen LogP contribution in [0, 0.1) is 0 Å². The van der Waals surface area contributed by atoms with Crippen LogP contribution in [0.2, 0.25) is 0 Å². The molecule has 0 bridgehead atoms. The first-order chi connectivity index (χ1) is 12.2. The van der Waals surface area contributed by atoms with E-state index in [2.05, 4.69) is 0 Å². The van der Waals surface area contributed by atoms with Crippen molar-refractivity contribution in [2.24, 2.45) is 7.05 Å². The van der Waals surface area contributed by atoms with Gasteiger partial charge < -0.3 is 9.47 Å². The number of carbonyl (C=O) groups excluding carboxylic acids is 1. The van der Waals surface area contributed by atoms with E-state index in [1.165, 1.54) is 0 Å². The Hall–Kier alpha value is -2.62. The first-order valence-electron chi connectivity index (χ1n) is 8.98. The first kappa shape index (κ1) is 19.7. The monoisotopic (exact) mass is 352 g/mol. The van der Waals surface area contributed by atoms with Crippen LogP contribution in [-0.4, -0.2) is 27.5 Å². The third kappa shape index (κ3) is 4.51. The fourth-order valence-electron chi connectivity index (χ4n) is 3.12. The molecule has 4 heteroatoms. The normalized spacial score (nSPS) is 11.9. The molecule has 0 saturated carbocycles. The van der Waals surface area contributed by atoms with Crippen molar-refractivity contribution in [3.8, 4) is 0 Å². The number of carbonyl (C=O) groups is 1. The Balaban J connectivity index is 2.25. The number of amides is 1. The molecule has 0 unspecified atom stereocenters. The summed E-state index contributed by atoms with van der Waals surface area (Å²) >= 11 is 0. The fourth-order valence-corrected chi connectivity index (χ4v) is 3.12. The molecule has 0 aliphatic carbocycles. The van der Waals surface area contributed by atoms with Gasteiger partial charge in [-0.1, -0.05) is 12.1 Å². The maximum absolute atomic E-state index is 12.7. The fraction of sp³-hybridized carbons (Fsp3) is 0.364. The summed E-state index contributed by atoms with van der Waals surface area (Å²) in [6.45, 7) is 10.2. The molecule has 2 rings (SSSR count). The summed E-state index contributed by atoms with van der Waals surface area (Å²) in [7, 11) is 1.74. The molecule has 0 atom stereocenters. The molecule has 1 heterocycles. The van der Waals surface area contributed by atoms with Crippen LogP contribution in [0.5, 0.6) is 0 Å². The Labute approximate surface area is 155 Å². The number of rotatable bonds is 5. The zero-order valence-corrected chi connectivity index (χ0v) is 16.5. The zero-order valence-electron chi connectivity index (χ0n) is 16.5. The summed E-state index contributed by atoms with van der Waals surface area (Å²) in [6.07, 6.45) is 3.84. The van der Waals surface area contributed by atoms with E-state index in [1.54, 1.807) is 17.7 Å². The molecule has 2 aromatic rings. The molecule has 138 valence electrons. The van der Waals surface area contributed by atoms with Crippen molar-refractivity contribution >= 4 is 17.6 Å². The molecule has 0 radical (unpaired) electrons. The summed E-state index contributed by atoms with van der Waals surface area (Å²) in [4.78, 5) is 26.1. The van der Waals surface area contributed by atoms with Crippen molar-refractivity contribution in [2.45, 2.75) is 46.7 Å². The summed E-state index contributed by atoms with van der Waals surface area (Å²) in [6, 6.07) is 11.4. The molecule has 0 aliphatic heterocycles. The highest BCUT2D eigenvalue weighted by Crippen LogP contribution is 2.19. The van der Waals surface area contributed by atoms with Gasteiger partial charge in [0.15, 0.2) is 0 Å². The van der Waals surface area contributed by atoms with Gasteiger partial charge in [0.1, 0.15) is 0 Å². The second-order valence-corrected chi connectivity index (χ2v) is 7.22. The van der Waals surface area contributed by atoms with Crippen LogP contribution in [0.4, 0.5) is 0 Å². The van der Waals surface area contributed by atoms with Gasteiger partial charge in [0, 0.05) is 37.0 Å². The molecule has 1 aromatic heterocycles. The zero-order chi connectivity index (χ0) is 19.4. The predicted molar refractivity (Wildman–Crippen MR) is 108 cm³/mol. The Kier molecular flexibility index (Phi) is 6.19. The molecule has 0 N–H and O–H groups in total. The molecule has 26 heavy (non-hydrogen) atoms. The third-order valence-corrected chi connectivity index (χ3v) is 4.43. The number of hydrogen-bond acceptors (Lipinski definition) is 2. The number of benzene rings is 1. The second kappa shape index (κ2) is 8.17. The van der Waals surface area contributed by atoms with Gasteiger partial charge in [0.25, 0.3) is 5.91 Å². The average Bonchev–Trinajstić information content (AvgIpc) is 2.57. The average molecular weight is 352 g/mol. The van der Waals surface area contributed by atoms with Gasteiger partial charge >= 0.3 is 0 Å². The van der Waals surface area contributed by atoms with E-state index in [0.717, 1.165) is 16.7 Å². The van der Waals surface area contributed by atoms with Crippen molar-refractivity contribution in [1.29, 1.82) is 0 Å². The van der Waals surface area contributed by atoms with Crippen LogP contribution < -0.4 is 5.56 Å². The molecule has 4 nitrogen and oxygen atoms in total. The van der Waals surface area contributed by atoms with Gasteiger partial charge in [-0.25, -0.2) is 0 Å². The standard InChI is InChI=1S/C22H28N2O2/c1-15(2)24(16(3)4)22(26)20-10-8-19(9-11-20)17(5)13-18-7-12-21(25)23(6)14-18/h7-16H,1-6H3/b17-13-. The summed E-state index contributed by atoms with van der Waals surface area (Å²) in [5.74, 6) is 0.0567. The molecule has 1 amide bonds. The molecule has 1 aromatic carbocycles. The minimum atomic E-state index is -0.0254. The van der Waals surface area contributed by atoms with Crippen molar-refractivity contribution < 1.29 is 4.79 Å². The Morgan fingerprint density at radius 3 is 2.00 bits per heavy atom.